The lowest BCUT2D eigenvalue weighted by molar-refractivity contribution is -0.140. The van der Waals surface area contributed by atoms with E-state index < -0.39 is 6.10 Å². The zero-order valence-electron chi connectivity index (χ0n) is 19.4. The molecule has 1 amide bonds. The molecule has 0 unspecified atom stereocenters. The first-order valence-electron chi connectivity index (χ1n) is 11.6. The molecule has 1 saturated heterocycles. The minimum Gasteiger partial charge on any atom is -0.497 e. The second-order valence-electron chi connectivity index (χ2n) is 8.28. The van der Waals surface area contributed by atoms with Crippen molar-refractivity contribution < 1.29 is 14.3 Å². The lowest BCUT2D eigenvalue weighted by Gasteiger charge is -2.40. The summed E-state index contributed by atoms with van der Waals surface area (Å²) in [6, 6.07) is 28.8. The summed E-state index contributed by atoms with van der Waals surface area (Å²) in [6.07, 6.45) is 0.120. The third-order valence-corrected chi connectivity index (χ3v) is 6.19. The highest BCUT2D eigenvalue weighted by molar-refractivity contribution is 5.81. The van der Waals surface area contributed by atoms with E-state index in [1.54, 1.807) is 7.11 Å². The Balaban J connectivity index is 1.43. The zero-order chi connectivity index (χ0) is 23.0. The van der Waals surface area contributed by atoms with Crippen LogP contribution in [0.5, 0.6) is 11.5 Å². The standard InChI is InChI=1S/C28H32N2O3/c1-3-26(33-25-16-10-15-24(21-25)32-2)28(31)30-19-17-29(18-20-30)27(22-11-6-4-7-12-22)23-13-8-5-9-14-23/h4-16,21,26-27H,3,17-20H2,1-2H3/t26-/m0/s1. The fourth-order valence-corrected chi connectivity index (χ4v) is 4.44. The van der Waals surface area contributed by atoms with E-state index in [1.165, 1.54) is 11.1 Å². The quantitative estimate of drug-likeness (QED) is 0.501. The fourth-order valence-electron chi connectivity index (χ4n) is 4.44. The number of ether oxygens (including phenoxy) is 2. The normalized spacial score (nSPS) is 15.3. The number of methoxy groups -OCH3 is 1. The Bertz CT molecular complexity index is 978. The Morgan fingerprint density at radius 1 is 0.818 bits per heavy atom. The Morgan fingerprint density at radius 3 is 1.94 bits per heavy atom. The largest absolute Gasteiger partial charge is 0.497 e. The van der Waals surface area contributed by atoms with Crippen molar-refractivity contribution in [3.05, 3.63) is 96.1 Å². The maximum atomic E-state index is 13.3. The van der Waals surface area contributed by atoms with E-state index in [2.05, 4.69) is 65.6 Å². The van der Waals surface area contributed by atoms with Crippen LogP contribution in [0.3, 0.4) is 0 Å². The molecule has 1 fully saturated rings. The third kappa shape index (κ3) is 5.55. The molecule has 0 radical (unpaired) electrons. The van der Waals surface area contributed by atoms with E-state index in [1.807, 2.05) is 36.1 Å². The van der Waals surface area contributed by atoms with Gasteiger partial charge in [-0.15, -0.1) is 0 Å². The lowest BCUT2D eigenvalue weighted by Crippen LogP contribution is -2.53. The minimum atomic E-state index is -0.498. The molecule has 0 spiro atoms. The highest BCUT2D eigenvalue weighted by atomic mass is 16.5. The number of rotatable bonds is 8. The average molecular weight is 445 g/mol. The second kappa shape index (κ2) is 11.0. The second-order valence-corrected chi connectivity index (χ2v) is 8.28. The highest BCUT2D eigenvalue weighted by Gasteiger charge is 2.31. The molecule has 0 bridgehead atoms. The fraction of sp³-hybridized carbons (Fsp3) is 0.321. The number of hydrogen-bond acceptors (Lipinski definition) is 4. The van der Waals surface area contributed by atoms with Gasteiger partial charge in [0.15, 0.2) is 6.10 Å². The number of amides is 1. The molecule has 1 heterocycles. The van der Waals surface area contributed by atoms with E-state index in [0.29, 0.717) is 25.3 Å². The van der Waals surface area contributed by atoms with Crippen LogP contribution in [-0.4, -0.2) is 55.1 Å². The molecule has 5 nitrogen and oxygen atoms in total. The van der Waals surface area contributed by atoms with Gasteiger partial charge in [0.05, 0.1) is 13.2 Å². The van der Waals surface area contributed by atoms with Crippen LogP contribution in [0, 0.1) is 0 Å². The summed E-state index contributed by atoms with van der Waals surface area (Å²) in [5.74, 6) is 1.42. The van der Waals surface area contributed by atoms with Crippen molar-refractivity contribution in [2.24, 2.45) is 0 Å². The average Bonchev–Trinajstić information content (AvgIpc) is 2.89. The molecule has 3 aromatic carbocycles. The number of benzene rings is 3. The molecule has 4 rings (SSSR count). The van der Waals surface area contributed by atoms with Crippen molar-refractivity contribution in [1.82, 2.24) is 9.80 Å². The molecule has 1 aliphatic heterocycles. The summed E-state index contributed by atoms with van der Waals surface area (Å²) in [5.41, 5.74) is 2.55. The Kier molecular flexibility index (Phi) is 7.63. The van der Waals surface area contributed by atoms with E-state index in [4.69, 9.17) is 9.47 Å². The first kappa shape index (κ1) is 22.9. The van der Waals surface area contributed by atoms with E-state index in [0.717, 1.165) is 18.8 Å². The summed E-state index contributed by atoms with van der Waals surface area (Å²) in [5, 5.41) is 0. The predicted molar refractivity (Wildman–Crippen MR) is 131 cm³/mol. The van der Waals surface area contributed by atoms with Crippen molar-refractivity contribution in [2.45, 2.75) is 25.5 Å². The Labute approximate surface area is 196 Å². The van der Waals surface area contributed by atoms with E-state index >= 15 is 0 Å². The number of nitrogens with zero attached hydrogens (tertiary/aromatic N) is 2. The molecule has 1 atom stereocenters. The van der Waals surface area contributed by atoms with Crippen LogP contribution in [-0.2, 0) is 4.79 Å². The van der Waals surface area contributed by atoms with Gasteiger partial charge in [-0.3, -0.25) is 9.69 Å². The molecule has 0 N–H and O–H groups in total. The van der Waals surface area contributed by atoms with Gasteiger partial charge in [0.2, 0.25) is 0 Å². The van der Waals surface area contributed by atoms with Gasteiger partial charge in [0.25, 0.3) is 5.91 Å². The number of piperazine rings is 1. The monoisotopic (exact) mass is 444 g/mol. The van der Waals surface area contributed by atoms with Crippen molar-refractivity contribution in [2.75, 3.05) is 33.3 Å². The molecule has 172 valence electrons. The summed E-state index contributed by atoms with van der Waals surface area (Å²) in [4.78, 5) is 17.7. The van der Waals surface area contributed by atoms with E-state index in [9.17, 15) is 4.79 Å². The first-order valence-corrected chi connectivity index (χ1v) is 11.6. The van der Waals surface area contributed by atoms with Crippen LogP contribution >= 0.6 is 0 Å². The van der Waals surface area contributed by atoms with Gasteiger partial charge in [-0.2, -0.15) is 0 Å². The predicted octanol–water partition coefficient (Wildman–Crippen LogP) is 4.79. The molecule has 0 aliphatic carbocycles. The molecular weight excluding hydrogens is 412 g/mol. The van der Waals surface area contributed by atoms with Crippen molar-refractivity contribution in [1.29, 1.82) is 0 Å². The van der Waals surface area contributed by atoms with Gasteiger partial charge in [-0.1, -0.05) is 73.7 Å². The Morgan fingerprint density at radius 2 is 1.39 bits per heavy atom. The van der Waals surface area contributed by atoms with Gasteiger partial charge in [-0.05, 0) is 29.7 Å². The summed E-state index contributed by atoms with van der Waals surface area (Å²) >= 11 is 0. The number of carbonyl (C=O) groups is 1. The van der Waals surface area contributed by atoms with Crippen LogP contribution in [0.25, 0.3) is 0 Å². The summed E-state index contributed by atoms with van der Waals surface area (Å²) < 4.78 is 11.3. The van der Waals surface area contributed by atoms with E-state index in [-0.39, 0.29) is 11.9 Å². The van der Waals surface area contributed by atoms with Crippen LogP contribution in [0.15, 0.2) is 84.9 Å². The van der Waals surface area contributed by atoms with Crippen LogP contribution in [0.2, 0.25) is 0 Å². The van der Waals surface area contributed by atoms with Gasteiger partial charge >= 0.3 is 0 Å². The first-order chi connectivity index (χ1) is 16.2. The van der Waals surface area contributed by atoms with Crippen molar-refractivity contribution in [3.8, 4) is 11.5 Å². The summed E-state index contributed by atoms with van der Waals surface area (Å²) in [6.45, 7) is 4.99. The van der Waals surface area contributed by atoms with Gasteiger partial charge < -0.3 is 14.4 Å². The van der Waals surface area contributed by atoms with Gasteiger partial charge in [-0.25, -0.2) is 0 Å². The SMILES string of the molecule is CC[C@H](Oc1cccc(OC)c1)C(=O)N1CCN(C(c2ccccc2)c2ccccc2)CC1. The number of hydrogen-bond donors (Lipinski definition) is 0. The topological polar surface area (TPSA) is 42.0 Å². The summed E-state index contributed by atoms with van der Waals surface area (Å²) in [7, 11) is 1.62. The lowest BCUT2D eigenvalue weighted by atomic mass is 9.96. The van der Waals surface area contributed by atoms with Crippen molar-refractivity contribution in [3.63, 3.8) is 0 Å². The van der Waals surface area contributed by atoms with Crippen LogP contribution in [0.1, 0.15) is 30.5 Å². The van der Waals surface area contributed by atoms with Crippen LogP contribution < -0.4 is 9.47 Å². The minimum absolute atomic E-state index is 0.0518. The van der Waals surface area contributed by atoms with Crippen molar-refractivity contribution >= 4 is 5.91 Å². The molecule has 0 aromatic heterocycles. The Hall–Kier alpha value is -3.31. The molecule has 3 aromatic rings. The smallest absolute Gasteiger partial charge is 0.263 e. The molecular formula is C28H32N2O3. The van der Waals surface area contributed by atoms with Crippen LogP contribution in [0.4, 0.5) is 0 Å². The molecule has 5 heteroatoms. The molecule has 33 heavy (non-hydrogen) atoms. The number of carbonyl (C=O) groups excluding carboxylic acids is 1. The maximum absolute atomic E-state index is 13.3. The maximum Gasteiger partial charge on any atom is 0.263 e. The van der Waals surface area contributed by atoms with Gasteiger partial charge in [0, 0.05) is 32.2 Å². The molecule has 0 saturated carbocycles. The molecule has 1 aliphatic rings. The van der Waals surface area contributed by atoms with Gasteiger partial charge in [0.1, 0.15) is 11.5 Å². The highest BCUT2D eigenvalue weighted by Crippen LogP contribution is 2.30. The zero-order valence-corrected chi connectivity index (χ0v) is 19.4. The third-order valence-electron chi connectivity index (χ3n) is 6.19.